The van der Waals surface area contributed by atoms with E-state index >= 15 is 0 Å². The lowest BCUT2D eigenvalue weighted by Crippen LogP contribution is -2.42. The van der Waals surface area contributed by atoms with Crippen molar-refractivity contribution in [3.63, 3.8) is 0 Å². The number of ether oxygens (including phenoxy) is 5. The highest BCUT2D eigenvalue weighted by atomic mass is 35.5. The van der Waals surface area contributed by atoms with Crippen molar-refractivity contribution in [3.8, 4) is 28.7 Å². The van der Waals surface area contributed by atoms with E-state index in [1.165, 1.54) is 31.9 Å². The number of pyridine rings is 2. The number of aliphatic hydroxyl groups excluding tert-OH is 1. The Hall–Kier alpha value is -10.5. The van der Waals surface area contributed by atoms with E-state index in [4.69, 9.17) is 69.2 Å². The summed E-state index contributed by atoms with van der Waals surface area (Å²) in [5.74, 6) is 4.88. The third-order valence-corrected chi connectivity index (χ3v) is 14.4. The number of hydrogen-bond donors (Lipinski definition) is 7. The number of aromatic nitrogens is 8. The van der Waals surface area contributed by atoms with Gasteiger partial charge in [0.15, 0.2) is 0 Å². The average molecular weight is 1310 g/mol. The molecule has 5 heterocycles. The van der Waals surface area contributed by atoms with Gasteiger partial charge in [-0.3, -0.25) is 37.6 Å². The second-order valence-electron chi connectivity index (χ2n) is 20.0. The van der Waals surface area contributed by atoms with Crippen molar-refractivity contribution >= 4 is 34.8 Å². The van der Waals surface area contributed by atoms with Gasteiger partial charge in [0, 0.05) is 78.4 Å². The van der Waals surface area contributed by atoms with Crippen LogP contribution in [0.4, 0.5) is 11.6 Å². The molecule has 0 bridgehead atoms. The molecule has 0 saturated carbocycles. The number of H-pyrrole nitrogens is 2. The van der Waals surface area contributed by atoms with Crippen molar-refractivity contribution in [2.75, 3.05) is 47.0 Å². The zero-order chi connectivity index (χ0) is 67.2. The Morgan fingerprint density at radius 1 is 0.462 bits per heavy atom. The van der Waals surface area contributed by atoms with E-state index in [0.29, 0.717) is 72.9 Å². The van der Waals surface area contributed by atoms with E-state index in [9.17, 15) is 28.8 Å². The number of alkyl halides is 2. The summed E-state index contributed by atoms with van der Waals surface area (Å²) in [5.41, 5.74) is 21.8. The predicted molar refractivity (Wildman–Crippen MR) is 360 cm³/mol. The molecule has 0 aliphatic heterocycles. The molecule has 0 aliphatic carbocycles. The maximum atomic E-state index is 13.6. The molecule has 0 fully saturated rings. The van der Waals surface area contributed by atoms with Crippen molar-refractivity contribution in [3.05, 3.63) is 295 Å². The average Bonchev–Trinajstić information content (AvgIpc) is 0.821. The summed E-state index contributed by atoms with van der Waals surface area (Å²) in [6.45, 7) is 2.25. The van der Waals surface area contributed by atoms with Crippen LogP contribution in [0.2, 0.25) is 0 Å². The fourth-order valence-electron chi connectivity index (χ4n) is 8.73. The number of aromatic amines is 2. The summed E-state index contributed by atoms with van der Waals surface area (Å²) in [6, 6.07) is 48.3. The molecule has 5 aromatic heterocycles. The molecule has 0 atom stereocenters. The highest BCUT2D eigenvalue weighted by molar-refractivity contribution is 6.17. The first-order chi connectivity index (χ1) is 45.0. The van der Waals surface area contributed by atoms with Gasteiger partial charge < -0.3 is 56.3 Å². The fourth-order valence-corrected chi connectivity index (χ4v) is 9.10. The van der Waals surface area contributed by atoms with E-state index in [0.717, 1.165) is 56.2 Å². The summed E-state index contributed by atoms with van der Waals surface area (Å²) in [7, 11) is 8.00. The van der Waals surface area contributed by atoms with Crippen LogP contribution in [0.3, 0.4) is 0 Å². The van der Waals surface area contributed by atoms with E-state index < -0.39 is 16.9 Å². The molecule has 0 aliphatic rings. The van der Waals surface area contributed by atoms with Gasteiger partial charge in [0.05, 0.1) is 80.1 Å². The van der Waals surface area contributed by atoms with Crippen LogP contribution in [0, 0.1) is 0 Å². The molecule has 0 spiro atoms. The van der Waals surface area contributed by atoms with Crippen LogP contribution in [0.25, 0.3) is 0 Å². The molecule has 0 unspecified atom stereocenters. The van der Waals surface area contributed by atoms with Crippen LogP contribution in [-0.2, 0) is 64.2 Å². The first-order valence-corrected chi connectivity index (χ1v) is 29.7. The molecule has 10 aromatic rings. The minimum absolute atomic E-state index is 0.0734. The van der Waals surface area contributed by atoms with Crippen LogP contribution >= 0.6 is 23.2 Å². The van der Waals surface area contributed by atoms with Gasteiger partial charge in [0.25, 0.3) is 16.7 Å². The highest BCUT2D eigenvalue weighted by Gasteiger charge is 2.15. The molecule has 488 valence electrons. The van der Waals surface area contributed by atoms with E-state index in [-0.39, 0.29) is 48.3 Å². The molecule has 10 rings (SSSR count). The van der Waals surface area contributed by atoms with Crippen molar-refractivity contribution in [1.29, 1.82) is 0 Å². The lowest BCUT2D eigenvalue weighted by atomic mass is 10.2. The predicted octanol–water partition coefficient (Wildman–Crippen LogP) is 6.37. The molecule has 5 aromatic carbocycles. The zero-order valence-corrected chi connectivity index (χ0v) is 53.4. The highest BCUT2D eigenvalue weighted by Crippen LogP contribution is 2.17. The minimum atomic E-state index is -0.525. The Morgan fingerprint density at radius 2 is 0.828 bits per heavy atom. The van der Waals surface area contributed by atoms with Crippen LogP contribution in [-0.4, -0.2) is 78.9 Å². The number of aliphatic hydroxyl groups is 1. The summed E-state index contributed by atoms with van der Waals surface area (Å²) in [5, 5.41) is 11.9. The van der Waals surface area contributed by atoms with Crippen LogP contribution in [0.1, 0.15) is 56.0 Å². The van der Waals surface area contributed by atoms with E-state index in [1.807, 2.05) is 126 Å². The van der Waals surface area contributed by atoms with Gasteiger partial charge in [0.2, 0.25) is 0 Å². The quantitative estimate of drug-likeness (QED) is 0.0384. The number of benzene rings is 5. The molecule has 0 saturated heterocycles. The second kappa shape index (κ2) is 37.0. The zero-order valence-electron chi connectivity index (χ0n) is 51.9. The van der Waals surface area contributed by atoms with Crippen LogP contribution < -0.4 is 79.9 Å². The Kier molecular flexibility index (Phi) is 28.5. The maximum absolute atomic E-state index is 13.6. The van der Waals surface area contributed by atoms with Gasteiger partial charge in [-0.25, -0.2) is 24.4 Å². The van der Waals surface area contributed by atoms with Crippen molar-refractivity contribution < 1.29 is 28.8 Å². The number of methoxy groups -OCH3 is 5. The first kappa shape index (κ1) is 71.6. The van der Waals surface area contributed by atoms with Gasteiger partial charge in [-0.05, 0) is 101 Å². The van der Waals surface area contributed by atoms with Gasteiger partial charge in [-0.15, -0.1) is 23.2 Å². The number of nitrogens with zero attached hydrogens (tertiary/aromatic N) is 6. The van der Waals surface area contributed by atoms with Gasteiger partial charge in [0.1, 0.15) is 40.4 Å². The molecule has 0 amide bonds. The SMILES string of the molecule is COc1ccc(CO)cc1.COc1ccc(Cn2c(CCl)cc(=O)n(Cc3ccc(OC)cc3)c2=O)cc1.COc1ccc(Cn2c(CNCc3cccnc3N)cc(=O)n(Cc3ccc(OC)cc3)c2=O)cc1.NCc1cccnc1N.O=c1cc(CCl)[nH]c(=O)[nH]1. The third kappa shape index (κ3) is 21.9. The Labute approximate surface area is 545 Å². The summed E-state index contributed by atoms with van der Waals surface area (Å²) in [4.78, 5) is 85.5. The maximum Gasteiger partial charge on any atom is 0.331 e. The van der Waals surface area contributed by atoms with E-state index in [1.54, 1.807) is 76.8 Å². The molecular weight excluding hydrogens is 1240 g/mol. The monoisotopic (exact) mass is 1310 g/mol. The molecule has 10 N–H and O–H groups in total. The number of nitrogens with one attached hydrogen (secondary N) is 3. The minimum Gasteiger partial charge on any atom is -0.497 e. The van der Waals surface area contributed by atoms with Gasteiger partial charge in [-0.1, -0.05) is 72.8 Å². The molecule has 93 heavy (non-hydrogen) atoms. The molecule has 24 nitrogen and oxygen atoms in total. The largest absolute Gasteiger partial charge is 0.497 e. The fraction of sp³-hybridized carbons (Fsp3) is 0.224. The number of nitrogens with two attached hydrogens (primary N) is 3. The lowest BCUT2D eigenvalue weighted by Gasteiger charge is -2.17. The second-order valence-corrected chi connectivity index (χ2v) is 20.6. The number of halogens is 2. The topological polar surface area (TPSA) is 336 Å². The van der Waals surface area contributed by atoms with Crippen molar-refractivity contribution in [2.24, 2.45) is 5.73 Å². The summed E-state index contributed by atoms with van der Waals surface area (Å²) in [6.07, 6.45) is 3.28. The van der Waals surface area contributed by atoms with Crippen molar-refractivity contribution in [2.45, 2.75) is 64.2 Å². The standard InChI is InChI=1S/C27H29N5O4.C21H21ClN2O4.C8H10O2.C6H9N3.C5H5ClN2O2/c1-35-23-9-5-19(6-10-23)17-31-22(16-29-15-21-4-3-13-30-26(21)28)14-25(33)32(27(31)34)18-20-7-11-24(36-2)12-8-20;1-27-18-7-3-15(4-8-18)13-23-17(12-22)11-20(25)24(21(23)26)14-16-5-9-19(28-2)10-6-16;1-10-8-4-2-7(6-9)3-5-8;7-4-5-2-1-3-9-6(5)8;6-2-3-1-4(9)8-5(10)7-3/h3-14,29H,15-18H2,1-2H3,(H2,28,30);3-11H,12-14H2,1-2H3;2-5,9H,6H2,1H3;1-3H,4,7H2,(H2,8,9);1H,2H2,(H2,7,8,9,10). The normalized spacial score (nSPS) is 10.4. The van der Waals surface area contributed by atoms with Gasteiger partial charge >= 0.3 is 17.1 Å². The summed E-state index contributed by atoms with van der Waals surface area (Å²) < 4.78 is 31.3. The third-order valence-electron chi connectivity index (χ3n) is 13.9. The number of hydrogen-bond acceptors (Lipinski definition) is 18. The first-order valence-electron chi connectivity index (χ1n) is 28.6. The molecule has 0 radical (unpaired) electrons. The van der Waals surface area contributed by atoms with Crippen molar-refractivity contribution in [1.82, 2.24) is 43.5 Å². The molecule has 26 heteroatoms. The number of rotatable bonds is 21. The van der Waals surface area contributed by atoms with E-state index in [2.05, 4.69) is 20.3 Å². The van der Waals surface area contributed by atoms with Gasteiger partial charge in [-0.2, -0.15) is 0 Å². The number of nitrogen functional groups attached to an aromatic ring is 2. The number of anilines is 2. The smallest absolute Gasteiger partial charge is 0.331 e. The van der Waals surface area contributed by atoms with Crippen LogP contribution in [0.5, 0.6) is 28.7 Å². The lowest BCUT2D eigenvalue weighted by molar-refractivity contribution is 0.281. The Bertz CT molecular complexity index is 4280. The Balaban J connectivity index is 0.000000209. The van der Waals surface area contributed by atoms with Crippen LogP contribution in [0.15, 0.2) is 205 Å². The Morgan fingerprint density at radius 3 is 1.16 bits per heavy atom. The summed E-state index contributed by atoms with van der Waals surface area (Å²) >= 11 is 11.3. The molecular formula is C67H74Cl2N12O12.